The molecule has 7 heteroatoms. The second-order valence-corrected chi connectivity index (χ2v) is 8.40. The van der Waals surface area contributed by atoms with Crippen molar-refractivity contribution in [3.8, 4) is 5.75 Å². The number of hydrogen-bond donors (Lipinski definition) is 2. The minimum Gasteiger partial charge on any atom is -0.491 e. The molecule has 6 nitrogen and oxygen atoms in total. The first-order valence-corrected chi connectivity index (χ1v) is 11.2. The van der Waals surface area contributed by atoms with Gasteiger partial charge in [0.2, 0.25) is 5.91 Å². The number of para-hydroxylation sites is 2. The lowest BCUT2D eigenvalue weighted by atomic mass is 10.2. The molecule has 4 aromatic rings. The lowest BCUT2D eigenvalue weighted by Crippen LogP contribution is -2.28. The van der Waals surface area contributed by atoms with Gasteiger partial charge in [-0.05, 0) is 35.9 Å². The van der Waals surface area contributed by atoms with Crippen LogP contribution in [-0.4, -0.2) is 33.3 Å². The molecule has 0 aliphatic carbocycles. The van der Waals surface area contributed by atoms with Crippen LogP contribution in [0.2, 0.25) is 0 Å². The van der Waals surface area contributed by atoms with Crippen molar-refractivity contribution in [2.24, 2.45) is 0 Å². The molecule has 2 N–H and O–H groups in total. The Bertz CT molecular complexity index is 1190. The quantitative estimate of drug-likeness (QED) is 0.368. The molecule has 4 rings (SSSR count). The van der Waals surface area contributed by atoms with Gasteiger partial charge in [0, 0.05) is 11.0 Å². The highest BCUT2D eigenvalue weighted by atomic mass is 79.9. The summed E-state index contributed by atoms with van der Waals surface area (Å²) < 4.78 is 8.53. The fourth-order valence-electron chi connectivity index (χ4n) is 3.48. The topological polar surface area (TPSA) is 76.4 Å². The van der Waals surface area contributed by atoms with Crippen molar-refractivity contribution in [1.29, 1.82) is 0 Å². The van der Waals surface area contributed by atoms with Crippen LogP contribution in [0, 0.1) is 0 Å². The summed E-state index contributed by atoms with van der Waals surface area (Å²) in [7, 11) is 0. The maximum Gasteiger partial charge on any atom is 0.227 e. The average Bonchev–Trinajstić information content (AvgIpc) is 3.14. The predicted molar refractivity (Wildman–Crippen MR) is 127 cm³/mol. The van der Waals surface area contributed by atoms with Gasteiger partial charge in [-0.15, -0.1) is 0 Å². The van der Waals surface area contributed by atoms with Gasteiger partial charge >= 0.3 is 0 Å². The molecule has 1 heterocycles. The summed E-state index contributed by atoms with van der Waals surface area (Å²) in [5.74, 6) is 1.16. The average molecular weight is 494 g/mol. The summed E-state index contributed by atoms with van der Waals surface area (Å²) in [6.07, 6.45) is -0.640. The van der Waals surface area contributed by atoms with Gasteiger partial charge in [-0.3, -0.25) is 4.79 Å². The van der Waals surface area contributed by atoms with E-state index in [9.17, 15) is 9.90 Å². The van der Waals surface area contributed by atoms with Gasteiger partial charge < -0.3 is 19.7 Å². The summed E-state index contributed by atoms with van der Waals surface area (Å²) in [6, 6.07) is 24.9. The Balaban J connectivity index is 1.44. The molecule has 1 amide bonds. The van der Waals surface area contributed by atoms with Crippen molar-refractivity contribution < 1.29 is 14.6 Å². The molecule has 1 aromatic heterocycles. The Labute approximate surface area is 195 Å². The van der Waals surface area contributed by atoms with E-state index in [0.29, 0.717) is 18.1 Å². The number of hydrogen-bond acceptors (Lipinski definition) is 4. The number of rotatable bonds is 9. The first-order chi connectivity index (χ1) is 15.6. The molecular formula is C25H24BrN3O3. The number of amides is 1. The Hall–Kier alpha value is -3.16. The largest absolute Gasteiger partial charge is 0.491 e. The second kappa shape index (κ2) is 10.4. The number of carbonyl (C=O) groups excluding carboxylic acids is 1. The number of fused-ring (bicyclic) bond motifs is 1. The van der Waals surface area contributed by atoms with Crippen LogP contribution in [0.15, 0.2) is 83.3 Å². The van der Waals surface area contributed by atoms with Crippen molar-refractivity contribution in [2.45, 2.75) is 25.6 Å². The fourth-order valence-corrected chi connectivity index (χ4v) is 3.86. The molecule has 32 heavy (non-hydrogen) atoms. The van der Waals surface area contributed by atoms with Crippen LogP contribution in [0.4, 0.5) is 0 Å². The first kappa shape index (κ1) is 22.0. The third kappa shape index (κ3) is 5.75. The van der Waals surface area contributed by atoms with E-state index in [1.165, 1.54) is 0 Å². The number of nitrogens with zero attached hydrogens (tertiary/aromatic N) is 2. The maximum absolute atomic E-state index is 12.6. The Morgan fingerprint density at radius 3 is 2.66 bits per heavy atom. The maximum atomic E-state index is 12.6. The zero-order chi connectivity index (χ0) is 22.3. The van der Waals surface area contributed by atoms with Crippen molar-refractivity contribution in [2.75, 3.05) is 6.61 Å². The first-order valence-electron chi connectivity index (χ1n) is 10.4. The fraction of sp³-hybridized carbons (Fsp3) is 0.200. The highest BCUT2D eigenvalue weighted by molar-refractivity contribution is 9.10. The third-order valence-corrected chi connectivity index (χ3v) is 5.51. The molecule has 0 aliphatic heterocycles. The highest BCUT2D eigenvalue weighted by Gasteiger charge is 2.17. The number of benzene rings is 3. The standard InChI is InChI=1S/C25H24BrN3O3/c26-19-9-6-10-21(13-19)32-17-20(30)16-29-23-12-5-4-11-22(23)28-24(29)14-25(31)27-15-18-7-2-1-3-8-18/h1-13,20,30H,14-17H2,(H,27,31)/t20-/m1/s1. The highest BCUT2D eigenvalue weighted by Crippen LogP contribution is 2.20. The van der Waals surface area contributed by atoms with E-state index in [-0.39, 0.29) is 25.5 Å². The summed E-state index contributed by atoms with van der Waals surface area (Å²) in [6.45, 7) is 0.863. The Morgan fingerprint density at radius 2 is 1.84 bits per heavy atom. The van der Waals surface area contributed by atoms with Crippen molar-refractivity contribution in [3.05, 3.63) is 94.7 Å². The third-order valence-electron chi connectivity index (χ3n) is 5.02. The molecule has 0 aliphatic rings. The van der Waals surface area contributed by atoms with Gasteiger partial charge in [0.1, 0.15) is 24.3 Å². The summed E-state index contributed by atoms with van der Waals surface area (Å²) >= 11 is 3.41. The zero-order valence-electron chi connectivity index (χ0n) is 17.4. The van der Waals surface area contributed by atoms with Crippen molar-refractivity contribution >= 4 is 32.9 Å². The summed E-state index contributed by atoms with van der Waals surface area (Å²) in [5, 5.41) is 13.6. The molecule has 0 spiro atoms. The number of ether oxygens (including phenoxy) is 1. The van der Waals surface area contributed by atoms with Crippen molar-refractivity contribution in [1.82, 2.24) is 14.9 Å². The molecule has 0 bridgehead atoms. The molecule has 164 valence electrons. The summed E-state index contributed by atoms with van der Waals surface area (Å²) in [5.41, 5.74) is 2.70. The molecular weight excluding hydrogens is 470 g/mol. The summed E-state index contributed by atoms with van der Waals surface area (Å²) in [4.78, 5) is 17.2. The van der Waals surface area contributed by atoms with Crippen LogP contribution in [0.3, 0.4) is 0 Å². The van der Waals surface area contributed by atoms with Gasteiger partial charge in [-0.1, -0.05) is 64.5 Å². The van der Waals surface area contributed by atoms with Gasteiger partial charge in [0.15, 0.2) is 0 Å². The lowest BCUT2D eigenvalue weighted by Gasteiger charge is -2.16. The smallest absolute Gasteiger partial charge is 0.227 e. The van der Waals surface area contributed by atoms with Gasteiger partial charge in [-0.25, -0.2) is 4.98 Å². The molecule has 1 atom stereocenters. The van der Waals surface area contributed by atoms with E-state index in [0.717, 1.165) is 21.1 Å². The Kier molecular flexibility index (Phi) is 7.19. The molecule has 0 saturated heterocycles. The number of imidazole rings is 1. The van der Waals surface area contributed by atoms with Crippen LogP contribution in [-0.2, 0) is 24.3 Å². The second-order valence-electron chi connectivity index (χ2n) is 7.49. The van der Waals surface area contributed by atoms with Crippen LogP contribution in [0.1, 0.15) is 11.4 Å². The van der Waals surface area contributed by atoms with Gasteiger partial charge in [-0.2, -0.15) is 0 Å². The molecule has 0 radical (unpaired) electrons. The predicted octanol–water partition coefficient (Wildman–Crippen LogP) is 4.10. The minimum atomic E-state index is -0.766. The minimum absolute atomic E-state index is 0.120. The van der Waals surface area contributed by atoms with Crippen LogP contribution in [0.25, 0.3) is 11.0 Å². The Morgan fingerprint density at radius 1 is 1.06 bits per heavy atom. The van der Waals surface area contributed by atoms with E-state index in [2.05, 4.69) is 26.2 Å². The number of aromatic nitrogens is 2. The SMILES string of the molecule is O=C(Cc1nc2ccccc2n1C[C@@H](O)COc1cccc(Br)c1)NCc1ccccc1. The van der Waals surface area contributed by atoms with E-state index < -0.39 is 6.10 Å². The lowest BCUT2D eigenvalue weighted by molar-refractivity contribution is -0.120. The molecule has 0 fully saturated rings. The number of nitrogens with one attached hydrogen (secondary N) is 1. The number of aliphatic hydroxyl groups excluding tert-OH is 1. The van der Waals surface area contributed by atoms with Gasteiger partial charge in [0.25, 0.3) is 0 Å². The number of aliphatic hydroxyl groups is 1. The van der Waals surface area contributed by atoms with Crippen LogP contribution in [0.5, 0.6) is 5.75 Å². The van der Waals surface area contributed by atoms with Crippen molar-refractivity contribution in [3.63, 3.8) is 0 Å². The molecule has 3 aromatic carbocycles. The van der Waals surface area contributed by atoms with Crippen LogP contribution < -0.4 is 10.1 Å². The van der Waals surface area contributed by atoms with E-state index >= 15 is 0 Å². The monoisotopic (exact) mass is 493 g/mol. The zero-order valence-corrected chi connectivity index (χ0v) is 19.0. The van der Waals surface area contributed by atoms with Crippen LogP contribution >= 0.6 is 15.9 Å². The molecule has 0 unspecified atom stereocenters. The van der Waals surface area contributed by atoms with E-state index in [1.807, 2.05) is 83.4 Å². The number of halogens is 1. The van der Waals surface area contributed by atoms with E-state index in [4.69, 9.17) is 4.74 Å². The molecule has 0 saturated carbocycles. The van der Waals surface area contributed by atoms with E-state index in [1.54, 1.807) is 0 Å². The normalized spacial score (nSPS) is 11.9. The number of carbonyl (C=O) groups is 1. The van der Waals surface area contributed by atoms with Gasteiger partial charge in [0.05, 0.1) is 24.0 Å².